The fraction of sp³-hybridized carbons (Fsp3) is 0.250. The SMILES string of the molecule is CCC(C)N(C)c1nc2cc(C(=O)O)ccc2nc1-c1ccc(F)c(F)c1. The topological polar surface area (TPSA) is 66.3 Å². The molecule has 0 spiro atoms. The largest absolute Gasteiger partial charge is 0.478 e. The van der Waals surface area contributed by atoms with Gasteiger partial charge in [0.2, 0.25) is 0 Å². The van der Waals surface area contributed by atoms with Gasteiger partial charge in [0.15, 0.2) is 17.5 Å². The number of carboxylic acids is 1. The van der Waals surface area contributed by atoms with Gasteiger partial charge in [-0.05, 0) is 49.7 Å². The Morgan fingerprint density at radius 2 is 1.85 bits per heavy atom. The van der Waals surface area contributed by atoms with Crippen LogP contribution in [0.5, 0.6) is 0 Å². The number of carbonyl (C=O) groups is 1. The quantitative estimate of drug-likeness (QED) is 0.715. The Balaban J connectivity index is 2.27. The third-order valence-electron chi connectivity index (χ3n) is 4.67. The average Bonchev–Trinajstić information content (AvgIpc) is 2.67. The Bertz CT molecular complexity index is 1020. The van der Waals surface area contributed by atoms with Crippen molar-refractivity contribution in [2.75, 3.05) is 11.9 Å². The standard InChI is InChI=1S/C20H19F2N3O2/c1-4-11(2)25(3)19-18(12-5-7-14(21)15(22)9-12)23-16-8-6-13(20(26)27)10-17(16)24-19/h5-11H,4H2,1-3H3,(H,26,27). The van der Waals surface area contributed by atoms with E-state index in [1.807, 2.05) is 25.8 Å². The summed E-state index contributed by atoms with van der Waals surface area (Å²) >= 11 is 0. The minimum Gasteiger partial charge on any atom is -0.478 e. The number of carboxylic acid groups (broad SMARTS) is 1. The molecule has 0 fully saturated rings. The molecule has 1 aromatic heterocycles. The minimum atomic E-state index is -1.06. The van der Waals surface area contributed by atoms with Crippen molar-refractivity contribution in [3.05, 3.63) is 53.6 Å². The first-order valence-corrected chi connectivity index (χ1v) is 8.55. The predicted octanol–water partition coefficient (Wildman–Crippen LogP) is 4.51. The van der Waals surface area contributed by atoms with E-state index in [0.29, 0.717) is 28.1 Å². The van der Waals surface area contributed by atoms with Gasteiger partial charge in [-0.1, -0.05) is 6.92 Å². The maximum Gasteiger partial charge on any atom is 0.335 e. The van der Waals surface area contributed by atoms with Crippen LogP contribution in [0.2, 0.25) is 0 Å². The van der Waals surface area contributed by atoms with E-state index >= 15 is 0 Å². The monoisotopic (exact) mass is 371 g/mol. The highest BCUT2D eigenvalue weighted by atomic mass is 19.2. The van der Waals surface area contributed by atoms with Crippen molar-refractivity contribution < 1.29 is 18.7 Å². The molecule has 1 heterocycles. The summed E-state index contributed by atoms with van der Waals surface area (Å²) in [6, 6.07) is 8.15. The number of hydrogen-bond acceptors (Lipinski definition) is 4. The van der Waals surface area contributed by atoms with E-state index < -0.39 is 17.6 Å². The second kappa shape index (κ2) is 7.26. The summed E-state index contributed by atoms with van der Waals surface area (Å²) in [5, 5.41) is 9.20. The molecule has 5 nitrogen and oxygen atoms in total. The maximum absolute atomic E-state index is 13.8. The maximum atomic E-state index is 13.8. The second-order valence-corrected chi connectivity index (χ2v) is 6.40. The second-order valence-electron chi connectivity index (χ2n) is 6.40. The lowest BCUT2D eigenvalue weighted by molar-refractivity contribution is 0.0697. The molecule has 1 atom stereocenters. The van der Waals surface area contributed by atoms with E-state index in [4.69, 9.17) is 0 Å². The zero-order valence-electron chi connectivity index (χ0n) is 15.2. The summed E-state index contributed by atoms with van der Waals surface area (Å²) in [5.74, 6) is -2.48. The number of halogens is 2. The van der Waals surface area contributed by atoms with Crippen molar-refractivity contribution in [1.82, 2.24) is 9.97 Å². The van der Waals surface area contributed by atoms with E-state index in [9.17, 15) is 18.7 Å². The van der Waals surface area contributed by atoms with Crippen LogP contribution in [0.25, 0.3) is 22.3 Å². The molecule has 3 aromatic rings. The number of benzene rings is 2. The van der Waals surface area contributed by atoms with E-state index in [1.54, 1.807) is 6.07 Å². The van der Waals surface area contributed by atoms with Crippen LogP contribution in [0, 0.1) is 11.6 Å². The van der Waals surface area contributed by atoms with E-state index in [-0.39, 0.29) is 11.6 Å². The molecule has 7 heteroatoms. The number of aromatic carboxylic acids is 1. The molecule has 0 radical (unpaired) electrons. The summed E-state index contributed by atoms with van der Waals surface area (Å²) in [5.41, 5.74) is 1.81. The van der Waals surface area contributed by atoms with Gasteiger partial charge >= 0.3 is 5.97 Å². The summed E-state index contributed by atoms with van der Waals surface area (Å²) in [4.78, 5) is 22.3. The average molecular weight is 371 g/mol. The normalized spacial score (nSPS) is 12.2. The molecule has 0 aliphatic rings. The summed E-state index contributed by atoms with van der Waals surface area (Å²) in [6.07, 6.45) is 0.836. The lowest BCUT2D eigenvalue weighted by Gasteiger charge is -2.27. The Kier molecular flexibility index (Phi) is 5.03. The van der Waals surface area contributed by atoms with Gasteiger partial charge in [-0.3, -0.25) is 0 Å². The number of nitrogens with zero attached hydrogens (tertiary/aromatic N) is 3. The molecule has 0 aliphatic carbocycles. The predicted molar refractivity (Wildman–Crippen MR) is 100 cm³/mol. The Labute approximate surface area is 155 Å². The fourth-order valence-corrected chi connectivity index (χ4v) is 2.74. The van der Waals surface area contributed by atoms with Crippen LogP contribution in [-0.4, -0.2) is 34.1 Å². The van der Waals surface area contributed by atoms with Gasteiger partial charge in [0, 0.05) is 18.7 Å². The molecule has 0 amide bonds. The zero-order valence-corrected chi connectivity index (χ0v) is 15.2. The first-order valence-electron chi connectivity index (χ1n) is 8.55. The van der Waals surface area contributed by atoms with Crippen LogP contribution >= 0.6 is 0 Å². The number of fused-ring (bicyclic) bond motifs is 1. The molecule has 3 rings (SSSR count). The fourth-order valence-electron chi connectivity index (χ4n) is 2.74. The van der Waals surface area contributed by atoms with E-state index in [2.05, 4.69) is 9.97 Å². The van der Waals surface area contributed by atoms with Gasteiger partial charge in [0.05, 0.1) is 16.6 Å². The van der Waals surface area contributed by atoms with Crippen LogP contribution in [-0.2, 0) is 0 Å². The van der Waals surface area contributed by atoms with Crippen molar-refractivity contribution in [1.29, 1.82) is 0 Å². The number of anilines is 1. The molecule has 2 aromatic carbocycles. The molecule has 27 heavy (non-hydrogen) atoms. The molecule has 140 valence electrons. The third-order valence-corrected chi connectivity index (χ3v) is 4.67. The summed E-state index contributed by atoms with van der Waals surface area (Å²) < 4.78 is 27.1. The molecule has 0 saturated carbocycles. The Hall–Kier alpha value is -3.09. The van der Waals surface area contributed by atoms with Crippen LogP contribution in [0.4, 0.5) is 14.6 Å². The van der Waals surface area contributed by atoms with Crippen LogP contribution in [0.1, 0.15) is 30.6 Å². The van der Waals surface area contributed by atoms with Crippen molar-refractivity contribution in [3.63, 3.8) is 0 Å². The third kappa shape index (κ3) is 3.58. The molecule has 0 aliphatic heterocycles. The zero-order chi connectivity index (χ0) is 19.7. The Morgan fingerprint density at radius 1 is 1.11 bits per heavy atom. The summed E-state index contributed by atoms with van der Waals surface area (Å²) in [6.45, 7) is 4.03. The number of rotatable bonds is 5. The highest BCUT2D eigenvalue weighted by Gasteiger charge is 2.19. The number of hydrogen-bond donors (Lipinski definition) is 1. The molecule has 1 unspecified atom stereocenters. The van der Waals surface area contributed by atoms with Gasteiger partial charge in [-0.25, -0.2) is 23.5 Å². The van der Waals surface area contributed by atoms with Crippen LogP contribution in [0.3, 0.4) is 0 Å². The molecule has 0 bridgehead atoms. The molecular weight excluding hydrogens is 352 g/mol. The highest BCUT2D eigenvalue weighted by molar-refractivity contribution is 5.93. The lowest BCUT2D eigenvalue weighted by Crippen LogP contribution is -2.29. The first kappa shape index (κ1) is 18.7. The Morgan fingerprint density at radius 3 is 2.48 bits per heavy atom. The van der Waals surface area contributed by atoms with Gasteiger partial charge in [0.25, 0.3) is 0 Å². The molecule has 0 saturated heterocycles. The molecular formula is C20H19F2N3O2. The van der Waals surface area contributed by atoms with Crippen LogP contribution in [0.15, 0.2) is 36.4 Å². The van der Waals surface area contributed by atoms with Gasteiger partial charge < -0.3 is 10.0 Å². The highest BCUT2D eigenvalue weighted by Crippen LogP contribution is 2.31. The van der Waals surface area contributed by atoms with Crippen molar-refractivity contribution in [2.24, 2.45) is 0 Å². The van der Waals surface area contributed by atoms with Crippen LogP contribution < -0.4 is 4.90 Å². The smallest absolute Gasteiger partial charge is 0.335 e. The van der Waals surface area contributed by atoms with Crippen molar-refractivity contribution in [3.8, 4) is 11.3 Å². The number of aromatic nitrogens is 2. The lowest BCUT2D eigenvalue weighted by atomic mass is 10.1. The summed E-state index contributed by atoms with van der Waals surface area (Å²) in [7, 11) is 1.84. The van der Waals surface area contributed by atoms with Gasteiger partial charge in [-0.2, -0.15) is 0 Å². The van der Waals surface area contributed by atoms with Crippen molar-refractivity contribution >= 4 is 22.8 Å². The first-order chi connectivity index (χ1) is 12.8. The van der Waals surface area contributed by atoms with E-state index in [0.717, 1.165) is 18.6 Å². The van der Waals surface area contributed by atoms with E-state index in [1.165, 1.54) is 18.2 Å². The van der Waals surface area contributed by atoms with Gasteiger partial charge in [-0.15, -0.1) is 0 Å². The minimum absolute atomic E-state index is 0.106. The molecule has 1 N–H and O–H groups in total. The van der Waals surface area contributed by atoms with Crippen molar-refractivity contribution in [2.45, 2.75) is 26.3 Å². The van der Waals surface area contributed by atoms with Gasteiger partial charge in [0.1, 0.15) is 5.69 Å².